The van der Waals surface area contributed by atoms with Crippen molar-refractivity contribution in [1.29, 1.82) is 0 Å². The molecule has 1 aromatic heterocycles. The van der Waals surface area contributed by atoms with E-state index in [1.165, 1.54) is 0 Å². The molecule has 2 heterocycles. The number of hydrogen-bond acceptors (Lipinski definition) is 7. The molecule has 3 rings (SSSR count). The molecule has 1 atom stereocenters. The van der Waals surface area contributed by atoms with Gasteiger partial charge in [-0.2, -0.15) is 0 Å². The predicted octanol–water partition coefficient (Wildman–Crippen LogP) is 5.20. The Morgan fingerprint density at radius 2 is 2.00 bits per heavy atom. The highest BCUT2D eigenvalue weighted by Crippen LogP contribution is 2.43. The maximum absolute atomic E-state index is 10.9. The normalized spacial score (nSPS) is 18.2. The molecule has 1 unspecified atom stereocenters. The summed E-state index contributed by atoms with van der Waals surface area (Å²) in [6.07, 6.45) is 2.73. The highest BCUT2D eigenvalue weighted by atomic mass is 35.5. The van der Waals surface area contributed by atoms with Crippen molar-refractivity contribution in [2.45, 2.75) is 38.1 Å². The Hall–Kier alpha value is -2.13. The van der Waals surface area contributed by atoms with E-state index in [2.05, 4.69) is 29.0 Å². The number of nitrogens with zero attached hydrogens (tertiary/aromatic N) is 2. The van der Waals surface area contributed by atoms with Gasteiger partial charge in [-0.25, -0.2) is 4.79 Å². The van der Waals surface area contributed by atoms with Crippen molar-refractivity contribution in [3.8, 4) is 0 Å². The molecule has 0 aliphatic carbocycles. The second-order valence-corrected chi connectivity index (χ2v) is 9.59. The van der Waals surface area contributed by atoms with Gasteiger partial charge in [-0.05, 0) is 35.7 Å². The molecule has 7 nitrogen and oxygen atoms in total. The second kappa shape index (κ2) is 10.7. The van der Waals surface area contributed by atoms with E-state index < -0.39 is 11.9 Å². The number of ether oxygens (including phenoxy) is 2. The van der Waals surface area contributed by atoms with E-state index in [1.807, 2.05) is 37.4 Å². The summed E-state index contributed by atoms with van der Waals surface area (Å²) in [6, 6.07) is 9.37. The van der Waals surface area contributed by atoms with E-state index in [0.717, 1.165) is 21.2 Å². The standard InChI is InChI=1S/C22H26Cl2N4O3S/c1-14(2)19-20(32-18-10-16(23)9-17(24)11-18)28(13-15-5-4-6-26-12-15)22(3,27-19)31-8-7-30-21(25)29/h4-6,9-12,14,27H,7-8,13H2,1-3H3,(H2,25,29). The Kier molecular flexibility index (Phi) is 8.16. The van der Waals surface area contributed by atoms with Crippen molar-refractivity contribution in [2.75, 3.05) is 13.2 Å². The molecule has 1 aliphatic rings. The van der Waals surface area contributed by atoms with Crippen LogP contribution < -0.4 is 11.1 Å². The zero-order valence-electron chi connectivity index (χ0n) is 18.1. The van der Waals surface area contributed by atoms with Crippen LogP contribution in [0.5, 0.6) is 0 Å². The first kappa shape index (κ1) is 24.5. The van der Waals surface area contributed by atoms with E-state index >= 15 is 0 Å². The number of pyridine rings is 1. The summed E-state index contributed by atoms with van der Waals surface area (Å²) in [6.45, 7) is 6.92. The first-order valence-corrected chi connectivity index (χ1v) is 11.6. The number of nitrogens with two attached hydrogens (primary N) is 1. The highest BCUT2D eigenvalue weighted by Gasteiger charge is 2.43. The molecule has 0 saturated carbocycles. The highest BCUT2D eigenvalue weighted by molar-refractivity contribution is 8.03. The summed E-state index contributed by atoms with van der Waals surface area (Å²) in [5.74, 6) is -0.697. The van der Waals surface area contributed by atoms with Crippen molar-refractivity contribution in [3.05, 3.63) is 69.1 Å². The Bertz CT molecular complexity index is 970. The fourth-order valence-electron chi connectivity index (χ4n) is 3.30. The minimum atomic E-state index is -0.888. The zero-order chi connectivity index (χ0) is 23.3. The monoisotopic (exact) mass is 496 g/mol. The number of carbonyl (C=O) groups is 1. The molecule has 0 spiro atoms. The minimum Gasteiger partial charge on any atom is -0.447 e. The quantitative estimate of drug-likeness (QED) is 0.461. The number of aromatic nitrogens is 1. The molecule has 2 aromatic rings. The van der Waals surface area contributed by atoms with Gasteiger partial charge in [0.25, 0.3) is 0 Å². The van der Waals surface area contributed by atoms with Gasteiger partial charge >= 0.3 is 6.09 Å². The molecule has 1 aromatic carbocycles. The Morgan fingerprint density at radius 3 is 2.59 bits per heavy atom. The van der Waals surface area contributed by atoms with E-state index in [-0.39, 0.29) is 19.1 Å². The van der Waals surface area contributed by atoms with E-state index in [4.69, 9.17) is 38.4 Å². The molecule has 172 valence electrons. The summed E-state index contributed by atoms with van der Waals surface area (Å²) in [7, 11) is 0. The Morgan fingerprint density at radius 1 is 1.28 bits per heavy atom. The fraction of sp³-hybridized carbons (Fsp3) is 0.364. The van der Waals surface area contributed by atoms with E-state index in [0.29, 0.717) is 16.6 Å². The largest absolute Gasteiger partial charge is 0.447 e. The second-order valence-electron chi connectivity index (χ2n) is 7.65. The molecular weight excluding hydrogens is 471 g/mol. The summed E-state index contributed by atoms with van der Waals surface area (Å²) in [4.78, 5) is 18.2. The number of allylic oxidation sites excluding steroid dienone is 1. The number of halogens is 2. The summed E-state index contributed by atoms with van der Waals surface area (Å²) < 4.78 is 11.0. The van der Waals surface area contributed by atoms with Gasteiger partial charge in [-0.1, -0.05) is 54.9 Å². The third kappa shape index (κ3) is 6.22. The smallest absolute Gasteiger partial charge is 0.404 e. The zero-order valence-corrected chi connectivity index (χ0v) is 20.4. The van der Waals surface area contributed by atoms with E-state index in [1.54, 1.807) is 24.0 Å². The number of carbonyl (C=O) groups excluding carboxylic acids is 1. The third-order valence-electron chi connectivity index (χ3n) is 4.76. The summed E-state index contributed by atoms with van der Waals surface area (Å²) in [5.41, 5.74) is 7.10. The maximum atomic E-state index is 10.9. The number of thioether (sulfide) groups is 1. The van der Waals surface area contributed by atoms with Gasteiger partial charge in [0.05, 0.1) is 11.6 Å². The van der Waals surface area contributed by atoms with E-state index in [9.17, 15) is 4.79 Å². The molecule has 0 radical (unpaired) electrons. The van der Waals surface area contributed by atoms with Gasteiger partial charge in [0, 0.05) is 46.5 Å². The van der Waals surface area contributed by atoms with Crippen LogP contribution in [0.4, 0.5) is 4.79 Å². The lowest BCUT2D eigenvalue weighted by molar-refractivity contribution is -0.141. The summed E-state index contributed by atoms with van der Waals surface area (Å²) >= 11 is 14.0. The first-order chi connectivity index (χ1) is 15.2. The van der Waals surface area contributed by atoms with Gasteiger partial charge in [0.2, 0.25) is 5.85 Å². The number of primary amides is 1. The van der Waals surface area contributed by atoms with Gasteiger partial charge in [-0.3, -0.25) is 4.98 Å². The van der Waals surface area contributed by atoms with Crippen LogP contribution in [0.1, 0.15) is 26.3 Å². The molecule has 3 N–H and O–H groups in total. The van der Waals surface area contributed by atoms with Crippen molar-refractivity contribution < 1.29 is 14.3 Å². The lowest BCUT2D eigenvalue weighted by atomic mass is 10.1. The van der Waals surface area contributed by atoms with Crippen molar-refractivity contribution >= 4 is 41.1 Å². The summed E-state index contributed by atoms with van der Waals surface area (Å²) in [5, 5.41) is 5.65. The van der Waals surface area contributed by atoms with Crippen LogP contribution in [0.15, 0.2) is 58.3 Å². The van der Waals surface area contributed by atoms with Crippen molar-refractivity contribution in [3.63, 3.8) is 0 Å². The van der Waals surface area contributed by atoms with Gasteiger partial charge < -0.3 is 25.4 Å². The number of nitrogens with one attached hydrogen (secondary N) is 1. The lowest BCUT2D eigenvalue weighted by Gasteiger charge is -2.38. The number of hydrogen-bond donors (Lipinski definition) is 2. The number of rotatable bonds is 9. The van der Waals surface area contributed by atoms with Crippen LogP contribution >= 0.6 is 35.0 Å². The maximum Gasteiger partial charge on any atom is 0.404 e. The molecular formula is C22H26Cl2N4O3S. The van der Waals surface area contributed by atoms with Crippen LogP contribution in [0.2, 0.25) is 10.0 Å². The molecule has 10 heteroatoms. The van der Waals surface area contributed by atoms with Crippen LogP contribution in [-0.2, 0) is 16.0 Å². The Labute approximate surface area is 202 Å². The Balaban J connectivity index is 1.94. The molecule has 0 fully saturated rings. The van der Waals surface area contributed by atoms with Crippen molar-refractivity contribution in [2.24, 2.45) is 11.7 Å². The molecule has 32 heavy (non-hydrogen) atoms. The molecule has 0 bridgehead atoms. The third-order valence-corrected chi connectivity index (χ3v) is 6.30. The predicted molar refractivity (Wildman–Crippen MR) is 127 cm³/mol. The number of amides is 1. The van der Waals surface area contributed by atoms with Crippen LogP contribution in [0.3, 0.4) is 0 Å². The van der Waals surface area contributed by atoms with Gasteiger partial charge in [0.15, 0.2) is 0 Å². The van der Waals surface area contributed by atoms with Crippen molar-refractivity contribution in [1.82, 2.24) is 15.2 Å². The van der Waals surface area contributed by atoms with Crippen LogP contribution in [-0.4, -0.2) is 35.0 Å². The average molecular weight is 497 g/mol. The molecule has 1 amide bonds. The van der Waals surface area contributed by atoms with Crippen LogP contribution in [0.25, 0.3) is 0 Å². The van der Waals surface area contributed by atoms with Crippen LogP contribution in [0, 0.1) is 5.92 Å². The van der Waals surface area contributed by atoms with Gasteiger partial charge in [0.1, 0.15) is 6.61 Å². The topological polar surface area (TPSA) is 89.7 Å². The lowest BCUT2D eigenvalue weighted by Crippen LogP contribution is -2.52. The van der Waals surface area contributed by atoms with Gasteiger partial charge in [-0.15, -0.1) is 0 Å². The first-order valence-electron chi connectivity index (χ1n) is 10.1. The molecule has 0 saturated heterocycles. The minimum absolute atomic E-state index is 0.0523. The fourth-order valence-corrected chi connectivity index (χ4v) is 5.30. The SMILES string of the molecule is CC(C)C1=C(Sc2cc(Cl)cc(Cl)c2)N(Cc2cccnc2)C(C)(OCCOC(N)=O)N1. The molecule has 1 aliphatic heterocycles. The average Bonchev–Trinajstić information content (AvgIpc) is 2.98. The number of benzene rings is 1.